The molecule has 1 aromatic heterocycles. The Balaban J connectivity index is 1.56. The lowest BCUT2D eigenvalue weighted by Crippen LogP contribution is -2.30. The Kier molecular flexibility index (Phi) is 3.80. The maximum atomic E-state index is 12.1. The molecule has 0 aliphatic carbocycles. The molecule has 0 fully saturated rings. The molecule has 0 saturated heterocycles. The molecule has 0 saturated carbocycles. The number of amides is 1. The third kappa shape index (κ3) is 2.73. The van der Waals surface area contributed by atoms with Gasteiger partial charge in [0.15, 0.2) is 5.17 Å². The van der Waals surface area contributed by atoms with Crippen molar-refractivity contribution in [2.24, 2.45) is 4.99 Å². The van der Waals surface area contributed by atoms with Gasteiger partial charge in [0, 0.05) is 17.6 Å². The summed E-state index contributed by atoms with van der Waals surface area (Å²) in [5.41, 5.74) is 1.98. The van der Waals surface area contributed by atoms with E-state index in [1.807, 2.05) is 24.6 Å². The monoisotopic (exact) mass is 308 g/mol. The number of nitrogens with one attached hydrogen (secondary N) is 1. The molecule has 7 heteroatoms. The largest absolute Gasteiger partial charge is 0.348 e. The van der Waals surface area contributed by atoms with Crippen LogP contribution in [0.4, 0.5) is 0 Å². The Hall–Kier alpha value is -1.34. The number of carbonyl (C=O) groups is 1. The van der Waals surface area contributed by atoms with Crippen molar-refractivity contribution in [1.82, 2.24) is 15.2 Å². The number of aryl methyl sites for hydroxylation is 1. The lowest BCUT2D eigenvalue weighted by Gasteiger charge is -2.17. The Morgan fingerprint density at radius 3 is 3.20 bits per heavy atom. The van der Waals surface area contributed by atoms with Gasteiger partial charge in [0.05, 0.1) is 29.7 Å². The second kappa shape index (κ2) is 5.57. The van der Waals surface area contributed by atoms with Gasteiger partial charge in [-0.2, -0.15) is 0 Å². The maximum absolute atomic E-state index is 12.1. The van der Waals surface area contributed by atoms with Crippen LogP contribution in [0.5, 0.6) is 0 Å². The molecule has 0 radical (unpaired) electrons. The molecule has 20 heavy (non-hydrogen) atoms. The van der Waals surface area contributed by atoms with E-state index in [0.29, 0.717) is 6.42 Å². The maximum Gasteiger partial charge on any atom is 0.226 e. The van der Waals surface area contributed by atoms with E-state index in [0.717, 1.165) is 34.7 Å². The van der Waals surface area contributed by atoms with E-state index in [9.17, 15) is 4.79 Å². The summed E-state index contributed by atoms with van der Waals surface area (Å²) in [5.74, 6) is 0.0307. The first-order chi connectivity index (χ1) is 9.63. The van der Waals surface area contributed by atoms with E-state index in [4.69, 9.17) is 0 Å². The molecular weight excluding hydrogens is 292 g/mol. The lowest BCUT2D eigenvalue weighted by atomic mass is 10.2. The second-order valence-corrected chi connectivity index (χ2v) is 6.70. The molecule has 3 heterocycles. The minimum Gasteiger partial charge on any atom is -0.348 e. The predicted molar refractivity (Wildman–Crippen MR) is 82.7 cm³/mol. The Bertz CT molecular complexity index is 593. The number of thioether (sulfide) groups is 1. The SMILES string of the molecule is Cc1nc([C@@H](C)NC(=O)CC2=CSC3=NCCN23)cs1. The Labute approximate surface area is 126 Å². The molecule has 0 unspecified atom stereocenters. The minimum atomic E-state index is -0.0474. The van der Waals surface area contributed by atoms with E-state index >= 15 is 0 Å². The van der Waals surface area contributed by atoms with Crippen LogP contribution in [0.15, 0.2) is 21.5 Å². The number of hydrogen-bond acceptors (Lipinski definition) is 6. The van der Waals surface area contributed by atoms with Gasteiger partial charge in [0.1, 0.15) is 0 Å². The molecule has 0 bridgehead atoms. The Morgan fingerprint density at radius 1 is 1.60 bits per heavy atom. The summed E-state index contributed by atoms with van der Waals surface area (Å²) in [5, 5.41) is 9.07. The number of fused-ring (bicyclic) bond motifs is 1. The van der Waals surface area contributed by atoms with E-state index in [1.54, 1.807) is 23.1 Å². The highest BCUT2D eigenvalue weighted by atomic mass is 32.2. The predicted octanol–water partition coefficient (Wildman–Crippen LogP) is 2.28. The van der Waals surface area contributed by atoms with Gasteiger partial charge in [-0.1, -0.05) is 11.8 Å². The smallest absolute Gasteiger partial charge is 0.226 e. The zero-order chi connectivity index (χ0) is 14.1. The van der Waals surface area contributed by atoms with Crippen molar-refractivity contribution < 1.29 is 4.79 Å². The molecule has 1 aromatic rings. The van der Waals surface area contributed by atoms with Gasteiger partial charge in [-0.25, -0.2) is 4.98 Å². The standard InChI is InChI=1S/C13H16N4OS2/c1-8(11-7-19-9(2)16-11)15-12(18)5-10-6-20-13-14-3-4-17(10)13/h6-8H,3-5H2,1-2H3,(H,15,18)/t8-/m1/s1. The molecule has 106 valence electrons. The number of carbonyl (C=O) groups excluding carboxylic acids is 1. The summed E-state index contributed by atoms with van der Waals surface area (Å²) in [6, 6.07) is -0.0474. The van der Waals surface area contributed by atoms with Crippen LogP contribution in [0, 0.1) is 6.92 Å². The summed E-state index contributed by atoms with van der Waals surface area (Å²) in [7, 11) is 0. The highest BCUT2D eigenvalue weighted by molar-refractivity contribution is 8.16. The summed E-state index contributed by atoms with van der Waals surface area (Å²) in [6.07, 6.45) is 0.402. The first-order valence-electron chi connectivity index (χ1n) is 6.52. The van der Waals surface area contributed by atoms with Crippen molar-refractivity contribution in [3.63, 3.8) is 0 Å². The molecule has 2 aliphatic rings. The minimum absolute atomic E-state index is 0.0307. The van der Waals surface area contributed by atoms with Gasteiger partial charge in [-0.15, -0.1) is 11.3 Å². The van der Waals surface area contributed by atoms with Gasteiger partial charge in [0.25, 0.3) is 0 Å². The molecule has 2 aliphatic heterocycles. The van der Waals surface area contributed by atoms with Crippen LogP contribution in [0.3, 0.4) is 0 Å². The molecule has 1 N–H and O–H groups in total. The third-order valence-electron chi connectivity index (χ3n) is 3.25. The topological polar surface area (TPSA) is 57.6 Å². The van der Waals surface area contributed by atoms with Crippen LogP contribution in [0.1, 0.15) is 30.1 Å². The first kappa shape index (κ1) is 13.6. The van der Waals surface area contributed by atoms with Crippen LogP contribution in [-0.4, -0.2) is 34.0 Å². The number of amidine groups is 1. The number of rotatable bonds is 4. The van der Waals surface area contributed by atoms with E-state index in [-0.39, 0.29) is 11.9 Å². The zero-order valence-corrected chi connectivity index (χ0v) is 13.1. The first-order valence-corrected chi connectivity index (χ1v) is 8.28. The summed E-state index contributed by atoms with van der Waals surface area (Å²) < 4.78 is 0. The van der Waals surface area contributed by atoms with Crippen LogP contribution in [0.25, 0.3) is 0 Å². The van der Waals surface area contributed by atoms with Crippen molar-refractivity contribution in [2.75, 3.05) is 13.1 Å². The lowest BCUT2D eigenvalue weighted by molar-refractivity contribution is -0.121. The summed E-state index contributed by atoms with van der Waals surface area (Å²) in [6.45, 7) is 5.66. The molecule has 3 rings (SSSR count). The van der Waals surface area contributed by atoms with Crippen molar-refractivity contribution in [2.45, 2.75) is 26.3 Å². The van der Waals surface area contributed by atoms with Crippen molar-refractivity contribution in [3.05, 3.63) is 27.2 Å². The van der Waals surface area contributed by atoms with E-state index in [2.05, 4.69) is 20.2 Å². The molecule has 1 atom stereocenters. The van der Waals surface area contributed by atoms with Crippen molar-refractivity contribution in [3.8, 4) is 0 Å². The third-order valence-corrected chi connectivity index (χ3v) is 4.99. The number of thiazole rings is 1. The zero-order valence-electron chi connectivity index (χ0n) is 11.4. The average molecular weight is 308 g/mol. The molecule has 1 amide bonds. The number of nitrogens with zero attached hydrogens (tertiary/aromatic N) is 3. The van der Waals surface area contributed by atoms with Crippen LogP contribution in [-0.2, 0) is 4.79 Å². The second-order valence-electron chi connectivity index (χ2n) is 4.80. The fraction of sp³-hybridized carbons (Fsp3) is 0.462. The molecule has 0 spiro atoms. The number of aromatic nitrogens is 1. The molecular formula is C13H16N4OS2. The van der Waals surface area contributed by atoms with Crippen LogP contribution >= 0.6 is 23.1 Å². The number of aliphatic imine (C=N–C) groups is 1. The number of hydrogen-bond donors (Lipinski definition) is 1. The summed E-state index contributed by atoms with van der Waals surface area (Å²) >= 11 is 3.21. The van der Waals surface area contributed by atoms with Gasteiger partial charge in [-0.3, -0.25) is 9.79 Å². The quantitative estimate of drug-likeness (QED) is 0.927. The van der Waals surface area contributed by atoms with Gasteiger partial charge in [-0.05, 0) is 19.3 Å². The van der Waals surface area contributed by atoms with Crippen molar-refractivity contribution in [1.29, 1.82) is 0 Å². The van der Waals surface area contributed by atoms with E-state index < -0.39 is 0 Å². The fourth-order valence-electron chi connectivity index (χ4n) is 2.23. The highest BCUT2D eigenvalue weighted by Gasteiger charge is 2.27. The van der Waals surface area contributed by atoms with Crippen molar-refractivity contribution >= 4 is 34.2 Å². The van der Waals surface area contributed by atoms with Gasteiger partial charge >= 0.3 is 0 Å². The average Bonchev–Trinajstić information content (AvgIpc) is 3.07. The summed E-state index contributed by atoms with van der Waals surface area (Å²) in [4.78, 5) is 23.0. The van der Waals surface area contributed by atoms with Crippen LogP contribution < -0.4 is 5.32 Å². The molecule has 0 aromatic carbocycles. The van der Waals surface area contributed by atoms with Gasteiger partial charge < -0.3 is 10.2 Å². The normalized spacial score (nSPS) is 18.6. The van der Waals surface area contributed by atoms with Crippen LogP contribution in [0.2, 0.25) is 0 Å². The molecule has 5 nitrogen and oxygen atoms in total. The van der Waals surface area contributed by atoms with E-state index in [1.165, 1.54) is 0 Å². The highest BCUT2D eigenvalue weighted by Crippen LogP contribution is 2.30. The fourth-order valence-corrected chi connectivity index (χ4v) is 3.89. The Morgan fingerprint density at radius 2 is 2.45 bits per heavy atom. The van der Waals surface area contributed by atoms with Gasteiger partial charge in [0.2, 0.25) is 5.91 Å².